The van der Waals surface area contributed by atoms with Crippen LogP contribution in [-0.4, -0.2) is 49.7 Å². The third-order valence-corrected chi connectivity index (χ3v) is 6.49. The zero-order valence-electron chi connectivity index (χ0n) is 13.2. The van der Waals surface area contributed by atoms with E-state index in [1.165, 1.54) is 16.4 Å². The normalized spacial score (nSPS) is 16.0. The third-order valence-electron chi connectivity index (χ3n) is 4.07. The summed E-state index contributed by atoms with van der Waals surface area (Å²) in [5, 5.41) is 1.05. The van der Waals surface area contributed by atoms with Gasteiger partial charge < -0.3 is 4.90 Å². The molecular weight excluding hydrogens is 383 g/mol. The number of rotatable bonds is 3. The molecule has 3 rings (SSSR count). The maximum atomic E-state index is 12.6. The van der Waals surface area contributed by atoms with Gasteiger partial charge in [0.25, 0.3) is 5.91 Å². The number of benzene rings is 2. The lowest BCUT2D eigenvalue weighted by atomic mass is 10.2. The highest BCUT2D eigenvalue weighted by atomic mass is 35.5. The van der Waals surface area contributed by atoms with E-state index in [1.54, 1.807) is 41.3 Å². The van der Waals surface area contributed by atoms with Crippen LogP contribution in [0.2, 0.25) is 10.0 Å². The van der Waals surface area contributed by atoms with Gasteiger partial charge in [-0.25, -0.2) is 8.42 Å². The van der Waals surface area contributed by atoms with E-state index in [1.807, 2.05) is 0 Å². The molecule has 0 atom stereocenters. The monoisotopic (exact) mass is 398 g/mol. The van der Waals surface area contributed by atoms with Crippen LogP contribution in [0, 0.1) is 0 Å². The van der Waals surface area contributed by atoms with Gasteiger partial charge >= 0.3 is 0 Å². The number of piperazine rings is 1. The minimum atomic E-state index is -3.58. The van der Waals surface area contributed by atoms with Crippen molar-refractivity contribution in [1.29, 1.82) is 0 Å². The molecule has 0 bridgehead atoms. The summed E-state index contributed by atoms with van der Waals surface area (Å²) in [6.07, 6.45) is 0. The highest BCUT2D eigenvalue weighted by molar-refractivity contribution is 7.89. The fourth-order valence-corrected chi connectivity index (χ4v) is 4.34. The summed E-state index contributed by atoms with van der Waals surface area (Å²) in [5.74, 6) is -0.125. The van der Waals surface area contributed by atoms with Crippen LogP contribution < -0.4 is 0 Å². The number of amides is 1. The standard InChI is InChI=1S/C17H16Cl2N2O3S/c18-14-3-1-13(2-4-14)17(22)20-9-11-21(12-10-20)25(23,24)16-7-5-15(19)6-8-16/h1-8H,9-12H2. The zero-order valence-corrected chi connectivity index (χ0v) is 15.6. The highest BCUT2D eigenvalue weighted by Crippen LogP contribution is 2.20. The minimum absolute atomic E-state index is 0.125. The van der Waals surface area contributed by atoms with Gasteiger partial charge in [0.2, 0.25) is 10.0 Å². The molecule has 0 aromatic heterocycles. The average Bonchev–Trinajstić information content (AvgIpc) is 2.62. The van der Waals surface area contributed by atoms with Gasteiger partial charge in [0.05, 0.1) is 4.90 Å². The maximum Gasteiger partial charge on any atom is 0.253 e. The molecule has 5 nitrogen and oxygen atoms in total. The van der Waals surface area contributed by atoms with Crippen molar-refractivity contribution in [2.45, 2.75) is 4.90 Å². The van der Waals surface area contributed by atoms with Gasteiger partial charge in [0, 0.05) is 41.8 Å². The first-order valence-electron chi connectivity index (χ1n) is 7.68. The van der Waals surface area contributed by atoms with Crippen LogP contribution in [0.3, 0.4) is 0 Å². The summed E-state index contributed by atoms with van der Waals surface area (Å²) in [6.45, 7) is 1.19. The Morgan fingerprint density at radius 1 is 0.800 bits per heavy atom. The molecule has 8 heteroatoms. The summed E-state index contributed by atoms with van der Waals surface area (Å²) < 4.78 is 26.7. The molecule has 1 fully saturated rings. The van der Waals surface area contributed by atoms with Gasteiger partial charge in [-0.05, 0) is 48.5 Å². The van der Waals surface area contributed by atoms with E-state index in [4.69, 9.17) is 23.2 Å². The van der Waals surface area contributed by atoms with Gasteiger partial charge in [-0.2, -0.15) is 4.31 Å². The number of carbonyl (C=O) groups excluding carboxylic acids is 1. The fraction of sp³-hybridized carbons (Fsp3) is 0.235. The Kier molecular flexibility index (Phi) is 5.34. The lowest BCUT2D eigenvalue weighted by Crippen LogP contribution is -2.50. The SMILES string of the molecule is O=C(c1ccc(Cl)cc1)N1CCN(S(=O)(=O)c2ccc(Cl)cc2)CC1. The Morgan fingerprint density at radius 2 is 1.28 bits per heavy atom. The lowest BCUT2D eigenvalue weighted by molar-refractivity contribution is 0.0698. The Morgan fingerprint density at radius 3 is 1.80 bits per heavy atom. The Hall–Kier alpha value is -1.60. The van der Waals surface area contributed by atoms with Crippen LogP contribution in [0.4, 0.5) is 0 Å². The molecule has 0 radical (unpaired) electrons. The smallest absolute Gasteiger partial charge is 0.253 e. The molecule has 0 unspecified atom stereocenters. The van der Waals surface area contributed by atoms with Crippen LogP contribution in [0.25, 0.3) is 0 Å². The van der Waals surface area contributed by atoms with Gasteiger partial charge in [-0.3, -0.25) is 4.79 Å². The number of nitrogens with zero attached hydrogens (tertiary/aromatic N) is 2. The van der Waals surface area contributed by atoms with Crippen molar-refractivity contribution in [2.24, 2.45) is 0 Å². The lowest BCUT2D eigenvalue weighted by Gasteiger charge is -2.34. The van der Waals surface area contributed by atoms with Crippen LogP contribution in [0.15, 0.2) is 53.4 Å². The van der Waals surface area contributed by atoms with E-state index in [0.29, 0.717) is 28.7 Å². The van der Waals surface area contributed by atoms with Crippen LogP contribution >= 0.6 is 23.2 Å². The average molecular weight is 399 g/mol. The molecular formula is C17H16Cl2N2O3S. The van der Waals surface area contributed by atoms with Gasteiger partial charge in [-0.1, -0.05) is 23.2 Å². The number of sulfonamides is 1. The summed E-state index contributed by atoms with van der Waals surface area (Å²) in [6, 6.07) is 12.7. The summed E-state index contributed by atoms with van der Waals surface area (Å²) in [4.78, 5) is 14.3. The van der Waals surface area contributed by atoms with Crippen molar-refractivity contribution < 1.29 is 13.2 Å². The molecule has 1 heterocycles. The van der Waals surface area contributed by atoms with E-state index in [9.17, 15) is 13.2 Å². The molecule has 0 spiro atoms. The predicted molar refractivity (Wildman–Crippen MR) is 97.6 cm³/mol. The molecule has 1 aliphatic heterocycles. The second kappa shape index (κ2) is 7.33. The molecule has 1 amide bonds. The number of carbonyl (C=O) groups is 1. The quantitative estimate of drug-likeness (QED) is 0.797. The zero-order chi connectivity index (χ0) is 18.0. The first kappa shape index (κ1) is 18.2. The third kappa shape index (κ3) is 3.98. The summed E-state index contributed by atoms with van der Waals surface area (Å²) in [7, 11) is -3.58. The van der Waals surface area contributed by atoms with E-state index in [2.05, 4.69) is 0 Å². The highest BCUT2D eigenvalue weighted by Gasteiger charge is 2.30. The molecule has 132 valence electrons. The molecule has 1 aliphatic rings. The molecule has 25 heavy (non-hydrogen) atoms. The van der Waals surface area contributed by atoms with Crippen LogP contribution in [0.1, 0.15) is 10.4 Å². The molecule has 0 aliphatic carbocycles. The second-order valence-corrected chi connectivity index (χ2v) is 8.47. The molecule has 2 aromatic rings. The Balaban J connectivity index is 1.68. The summed E-state index contributed by atoms with van der Waals surface area (Å²) >= 11 is 11.6. The van der Waals surface area contributed by atoms with Crippen LogP contribution in [-0.2, 0) is 10.0 Å². The number of halogens is 2. The largest absolute Gasteiger partial charge is 0.336 e. The van der Waals surface area contributed by atoms with Crippen molar-refractivity contribution in [3.8, 4) is 0 Å². The molecule has 2 aromatic carbocycles. The minimum Gasteiger partial charge on any atom is -0.336 e. The van der Waals surface area contributed by atoms with Gasteiger partial charge in [0.1, 0.15) is 0 Å². The Labute approximate surface area is 156 Å². The first-order chi connectivity index (χ1) is 11.9. The van der Waals surface area contributed by atoms with Crippen molar-refractivity contribution in [3.05, 3.63) is 64.1 Å². The van der Waals surface area contributed by atoms with E-state index >= 15 is 0 Å². The predicted octanol–water partition coefficient (Wildman–Crippen LogP) is 3.14. The molecule has 0 saturated carbocycles. The fourth-order valence-electron chi connectivity index (χ4n) is 2.66. The van der Waals surface area contributed by atoms with E-state index in [0.717, 1.165) is 0 Å². The number of hydrogen-bond donors (Lipinski definition) is 0. The van der Waals surface area contributed by atoms with Gasteiger partial charge in [0.15, 0.2) is 0 Å². The Bertz CT molecular complexity index is 860. The van der Waals surface area contributed by atoms with E-state index < -0.39 is 10.0 Å². The topological polar surface area (TPSA) is 57.7 Å². The van der Waals surface area contributed by atoms with Crippen molar-refractivity contribution in [1.82, 2.24) is 9.21 Å². The van der Waals surface area contributed by atoms with Crippen molar-refractivity contribution in [2.75, 3.05) is 26.2 Å². The number of hydrogen-bond acceptors (Lipinski definition) is 3. The second-order valence-electron chi connectivity index (χ2n) is 5.66. The molecule has 0 N–H and O–H groups in total. The van der Waals surface area contributed by atoms with Crippen LogP contribution in [0.5, 0.6) is 0 Å². The van der Waals surface area contributed by atoms with Crippen molar-refractivity contribution >= 4 is 39.1 Å². The van der Waals surface area contributed by atoms with Crippen molar-refractivity contribution in [3.63, 3.8) is 0 Å². The molecule has 1 saturated heterocycles. The maximum absolute atomic E-state index is 12.6. The first-order valence-corrected chi connectivity index (χ1v) is 9.88. The van der Waals surface area contributed by atoms with E-state index in [-0.39, 0.29) is 23.9 Å². The van der Waals surface area contributed by atoms with Gasteiger partial charge in [-0.15, -0.1) is 0 Å². The summed E-state index contributed by atoms with van der Waals surface area (Å²) in [5.41, 5.74) is 0.540.